The molecule has 2 aliphatic heterocycles. The second-order valence-electron chi connectivity index (χ2n) is 9.90. The lowest BCUT2D eigenvalue weighted by Crippen LogP contribution is -2.45. The van der Waals surface area contributed by atoms with Crippen LogP contribution in [0, 0.1) is 5.92 Å². The number of carbonyl (C=O) groups excluding carboxylic acids is 3. The Hall–Kier alpha value is -2.77. The van der Waals surface area contributed by atoms with Crippen molar-refractivity contribution in [3.63, 3.8) is 0 Å². The number of hydrogen-bond acceptors (Lipinski definition) is 5. The second-order valence-corrected chi connectivity index (χ2v) is 10.7. The monoisotopic (exact) mass is 518 g/mol. The first kappa shape index (κ1) is 25.3. The Balaban J connectivity index is 1.62. The fourth-order valence-electron chi connectivity index (χ4n) is 4.56. The molecule has 0 aromatic heterocycles. The molecule has 9 heteroatoms. The summed E-state index contributed by atoms with van der Waals surface area (Å²) in [5, 5.41) is 0.750. The average molecular weight is 519 g/mol. The first-order chi connectivity index (χ1) is 16.5. The molecule has 2 saturated heterocycles. The Kier molecular flexibility index (Phi) is 7.29. The molecule has 2 aromatic carbocycles. The summed E-state index contributed by atoms with van der Waals surface area (Å²) in [4.78, 5) is 42.1. The minimum atomic E-state index is -0.683. The third-order valence-electron chi connectivity index (χ3n) is 6.17. The van der Waals surface area contributed by atoms with Crippen LogP contribution in [0.1, 0.15) is 37.8 Å². The molecule has 2 aromatic rings. The molecule has 186 valence electrons. The van der Waals surface area contributed by atoms with Crippen LogP contribution in [-0.2, 0) is 20.7 Å². The Bertz CT molecular complexity index is 1120. The van der Waals surface area contributed by atoms with E-state index in [0.717, 1.165) is 11.1 Å². The van der Waals surface area contributed by atoms with Crippen LogP contribution in [0.5, 0.6) is 0 Å². The van der Waals surface area contributed by atoms with E-state index in [4.69, 9.17) is 32.7 Å². The van der Waals surface area contributed by atoms with Crippen LogP contribution in [0.2, 0.25) is 10.0 Å². The quantitative estimate of drug-likeness (QED) is 0.531. The Morgan fingerprint density at radius 1 is 1.06 bits per heavy atom. The molecule has 0 unspecified atom stereocenters. The van der Waals surface area contributed by atoms with E-state index in [1.54, 1.807) is 39.0 Å². The van der Waals surface area contributed by atoms with Crippen molar-refractivity contribution in [1.82, 2.24) is 9.80 Å². The molecule has 2 heterocycles. The van der Waals surface area contributed by atoms with Gasteiger partial charge >= 0.3 is 12.2 Å². The van der Waals surface area contributed by atoms with Crippen LogP contribution in [0.4, 0.5) is 9.59 Å². The zero-order chi connectivity index (χ0) is 25.3. The standard InChI is InChI=1S/C26H28Cl2N2O5/c1-26(2,3)35-24(32)29-13-19(17-9-10-21(27)22(28)12-17)20(14-29)23(31)30-18(15-34-25(30)33)11-16-7-5-4-6-8-16/h4-10,12,18-20H,11,13-15H2,1-3H3/t18-,19-,20+/m1/s1. The molecule has 4 rings (SSSR count). The summed E-state index contributed by atoms with van der Waals surface area (Å²) in [5.74, 6) is -1.45. The van der Waals surface area contributed by atoms with E-state index in [0.29, 0.717) is 16.5 Å². The molecule has 0 radical (unpaired) electrons. The van der Waals surface area contributed by atoms with E-state index in [9.17, 15) is 14.4 Å². The van der Waals surface area contributed by atoms with Crippen molar-refractivity contribution in [2.45, 2.75) is 44.8 Å². The third-order valence-corrected chi connectivity index (χ3v) is 6.91. The summed E-state index contributed by atoms with van der Waals surface area (Å²) in [6.45, 7) is 5.84. The highest BCUT2D eigenvalue weighted by Gasteiger charge is 2.48. The number of hydrogen-bond donors (Lipinski definition) is 0. The number of carbonyl (C=O) groups is 3. The maximum absolute atomic E-state index is 13.8. The zero-order valence-corrected chi connectivity index (χ0v) is 21.4. The van der Waals surface area contributed by atoms with Gasteiger partial charge in [0.1, 0.15) is 12.2 Å². The molecule has 0 spiro atoms. The highest BCUT2D eigenvalue weighted by atomic mass is 35.5. The smallest absolute Gasteiger partial charge is 0.416 e. The number of imide groups is 1. The first-order valence-corrected chi connectivity index (χ1v) is 12.3. The van der Waals surface area contributed by atoms with Crippen molar-refractivity contribution in [1.29, 1.82) is 0 Å². The molecule has 35 heavy (non-hydrogen) atoms. The van der Waals surface area contributed by atoms with Gasteiger partial charge in [0.25, 0.3) is 0 Å². The fourth-order valence-corrected chi connectivity index (χ4v) is 4.86. The average Bonchev–Trinajstić information content (AvgIpc) is 3.39. The molecule has 7 nitrogen and oxygen atoms in total. The molecule has 2 fully saturated rings. The van der Waals surface area contributed by atoms with Gasteiger partial charge in [-0.25, -0.2) is 14.5 Å². The van der Waals surface area contributed by atoms with Gasteiger partial charge in [-0.1, -0.05) is 59.6 Å². The molecular weight excluding hydrogens is 491 g/mol. The molecule has 3 amide bonds. The maximum atomic E-state index is 13.8. The lowest BCUT2D eigenvalue weighted by molar-refractivity contribution is -0.133. The number of rotatable bonds is 4. The minimum Gasteiger partial charge on any atom is -0.447 e. The van der Waals surface area contributed by atoms with Crippen LogP contribution < -0.4 is 0 Å². The van der Waals surface area contributed by atoms with Gasteiger partial charge < -0.3 is 14.4 Å². The predicted octanol–water partition coefficient (Wildman–Crippen LogP) is 5.53. The van der Waals surface area contributed by atoms with Gasteiger partial charge in [-0.3, -0.25) is 4.79 Å². The topological polar surface area (TPSA) is 76.2 Å². The Labute approximate surface area is 214 Å². The number of cyclic esters (lactones) is 1. The van der Waals surface area contributed by atoms with Gasteiger partial charge in [0, 0.05) is 19.0 Å². The van der Waals surface area contributed by atoms with Crippen molar-refractivity contribution in [2.24, 2.45) is 5.92 Å². The van der Waals surface area contributed by atoms with E-state index in [2.05, 4.69) is 0 Å². The van der Waals surface area contributed by atoms with Gasteiger partial charge in [0.2, 0.25) is 5.91 Å². The molecule has 0 N–H and O–H groups in total. The number of benzene rings is 2. The number of halogens is 2. The number of nitrogens with zero attached hydrogens (tertiary/aromatic N) is 2. The van der Waals surface area contributed by atoms with Crippen molar-refractivity contribution >= 4 is 41.3 Å². The number of ether oxygens (including phenoxy) is 2. The summed E-state index contributed by atoms with van der Waals surface area (Å²) in [5.41, 5.74) is 1.07. The molecule has 2 aliphatic rings. The van der Waals surface area contributed by atoms with E-state index in [1.165, 1.54) is 9.80 Å². The van der Waals surface area contributed by atoms with Gasteiger partial charge in [-0.2, -0.15) is 0 Å². The SMILES string of the molecule is CC(C)(C)OC(=O)N1C[C@H](C(=O)N2C(=O)OC[C@H]2Cc2ccccc2)[C@@H](c2ccc(Cl)c(Cl)c2)C1. The lowest BCUT2D eigenvalue weighted by atomic mass is 9.87. The fraction of sp³-hybridized carbons (Fsp3) is 0.423. The van der Waals surface area contributed by atoms with E-state index < -0.39 is 35.7 Å². The van der Waals surface area contributed by atoms with E-state index in [1.807, 2.05) is 30.3 Å². The summed E-state index contributed by atoms with van der Waals surface area (Å²) in [7, 11) is 0. The highest BCUT2D eigenvalue weighted by Crippen LogP contribution is 2.38. The van der Waals surface area contributed by atoms with Crippen molar-refractivity contribution < 1.29 is 23.9 Å². The molecular formula is C26H28Cl2N2O5. The summed E-state index contributed by atoms with van der Waals surface area (Å²) in [6.07, 6.45) is -0.694. The van der Waals surface area contributed by atoms with Crippen LogP contribution in [0.15, 0.2) is 48.5 Å². The first-order valence-electron chi connectivity index (χ1n) is 11.5. The Morgan fingerprint density at radius 2 is 1.77 bits per heavy atom. The molecule has 0 aliphatic carbocycles. The maximum Gasteiger partial charge on any atom is 0.416 e. The lowest BCUT2D eigenvalue weighted by Gasteiger charge is -2.26. The third kappa shape index (κ3) is 5.73. The van der Waals surface area contributed by atoms with Gasteiger partial charge in [0.05, 0.1) is 22.0 Å². The summed E-state index contributed by atoms with van der Waals surface area (Å²) >= 11 is 12.4. The predicted molar refractivity (Wildman–Crippen MR) is 133 cm³/mol. The van der Waals surface area contributed by atoms with Crippen LogP contribution in [0.3, 0.4) is 0 Å². The summed E-state index contributed by atoms with van der Waals surface area (Å²) < 4.78 is 10.8. The summed E-state index contributed by atoms with van der Waals surface area (Å²) in [6, 6.07) is 14.4. The number of likely N-dealkylation sites (tertiary alicyclic amines) is 1. The largest absolute Gasteiger partial charge is 0.447 e. The van der Waals surface area contributed by atoms with Crippen molar-refractivity contribution in [3.05, 3.63) is 69.7 Å². The van der Waals surface area contributed by atoms with Gasteiger partial charge in [-0.15, -0.1) is 0 Å². The normalized spacial score (nSPS) is 22.3. The van der Waals surface area contributed by atoms with E-state index >= 15 is 0 Å². The second kappa shape index (κ2) is 10.1. The molecule has 0 bridgehead atoms. The zero-order valence-electron chi connectivity index (χ0n) is 19.9. The van der Waals surface area contributed by atoms with Gasteiger partial charge in [-0.05, 0) is 50.5 Å². The highest BCUT2D eigenvalue weighted by molar-refractivity contribution is 6.42. The van der Waals surface area contributed by atoms with Crippen molar-refractivity contribution in [3.8, 4) is 0 Å². The number of amides is 3. The minimum absolute atomic E-state index is 0.112. The van der Waals surface area contributed by atoms with Crippen LogP contribution in [0.25, 0.3) is 0 Å². The van der Waals surface area contributed by atoms with Gasteiger partial charge in [0.15, 0.2) is 0 Å². The molecule has 0 saturated carbocycles. The molecule has 3 atom stereocenters. The van der Waals surface area contributed by atoms with E-state index in [-0.39, 0.29) is 25.6 Å². The van der Waals surface area contributed by atoms with Crippen LogP contribution in [-0.4, -0.2) is 59.2 Å². The Morgan fingerprint density at radius 3 is 2.43 bits per heavy atom. The van der Waals surface area contributed by atoms with Crippen LogP contribution >= 0.6 is 23.2 Å². The van der Waals surface area contributed by atoms with Crippen molar-refractivity contribution in [2.75, 3.05) is 19.7 Å².